The summed E-state index contributed by atoms with van der Waals surface area (Å²) >= 11 is 0. The molecular weight excluding hydrogens is 600 g/mol. The maximum absolute atomic E-state index is 15.0. The molecule has 0 aromatic heterocycles. The zero-order valence-electron chi connectivity index (χ0n) is 30.7. The molecule has 6 rings (SSSR count). The molecule has 5 aliphatic rings. The number of ketones is 2. The number of ether oxygens (including phenoxy) is 2. The number of carbonyl (C=O) groups excluding carboxylic acids is 4. The van der Waals surface area contributed by atoms with E-state index in [1.807, 2.05) is 50.3 Å². The number of allylic oxidation sites excluding steroid dienone is 2. The lowest BCUT2D eigenvalue weighted by atomic mass is 9.31. The first kappa shape index (κ1) is 35.1. The van der Waals surface area contributed by atoms with Crippen molar-refractivity contribution in [2.75, 3.05) is 6.61 Å². The largest absolute Gasteiger partial charge is 0.466 e. The molecular formula is C42H58O6. The van der Waals surface area contributed by atoms with Crippen LogP contribution in [-0.2, 0) is 35.3 Å². The molecule has 0 radical (unpaired) electrons. The molecule has 0 amide bonds. The first-order valence-electron chi connectivity index (χ1n) is 18.7. The number of hydrogen-bond acceptors (Lipinski definition) is 6. The van der Waals surface area contributed by atoms with Crippen LogP contribution in [-0.4, -0.2) is 30.1 Å². The van der Waals surface area contributed by atoms with E-state index in [0.717, 1.165) is 49.7 Å². The van der Waals surface area contributed by atoms with Crippen molar-refractivity contribution in [3.05, 3.63) is 47.5 Å². The van der Waals surface area contributed by atoms with Crippen molar-refractivity contribution in [1.29, 1.82) is 0 Å². The van der Waals surface area contributed by atoms with Crippen LogP contribution in [0.5, 0.6) is 0 Å². The Hall–Kier alpha value is -2.76. The molecule has 4 fully saturated rings. The van der Waals surface area contributed by atoms with Crippen molar-refractivity contribution in [3.8, 4) is 0 Å². The summed E-state index contributed by atoms with van der Waals surface area (Å²) in [5.74, 6) is -0.525. The summed E-state index contributed by atoms with van der Waals surface area (Å²) in [6.07, 6.45) is 9.54. The van der Waals surface area contributed by atoms with Gasteiger partial charge in [0.25, 0.3) is 0 Å². The van der Waals surface area contributed by atoms with Crippen molar-refractivity contribution in [1.82, 2.24) is 0 Å². The zero-order valence-corrected chi connectivity index (χ0v) is 30.7. The first-order chi connectivity index (χ1) is 22.5. The van der Waals surface area contributed by atoms with Gasteiger partial charge >= 0.3 is 11.9 Å². The minimum absolute atomic E-state index is 0.0981. The SMILES string of the molecule is CCOC(=O)CC(C)[C@]12CCC(C)(C)CC1C1C(=O)C=C3[C@@]4(C)CCC(=O)[C@@H](C)C4(C(=O)OCc4ccccc4)CC[C@@]3(C)[C@]1(C)CC2. The second-order valence-corrected chi connectivity index (χ2v) is 17.9. The van der Waals surface area contributed by atoms with E-state index < -0.39 is 16.7 Å². The Labute approximate surface area is 288 Å². The van der Waals surface area contributed by atoms with Crippen LogP contribution in [0.2, 0.25) is 0 Å². The summed E-state index contributed by atoms with van der Waals surface area (Å²) in [4.78, 5) is 55.8. The monoisotopic (exact) mass is 658 g/mol. The van der Waals surface area contributed by atoms with Gasteiger partial charge < -0.3 is 9.47 Å². The molecule has 4 unspecified atom stereocenters. The molecule has 9 atom stereocenters. The number of carbonyl (C=O) groups is 4. The lowest BCUT2D eigenvalue weighted by Gasteiger charge is -2.71. The number of esters is 2. The van der Waals surface area contributed by atoms with E-state index in [9.17, 15) is 19.2 Å². The van der Waals surface area contributed by atoms with Gasteiger partial charge in [0.1, 0.15) is 12.4 Å². The van der Waals surface area contributed by atoms with Gasteiger partial charge in [-0.3, -0.25) is 19.2 Å². The van der Waals surface area contributed by atoms with E-state index in [0.29, 0.717) is 32.3 Å². The van der Waals surface area contributed by atoms with Gasteiger partial charge in [-0.15, -0.1) is 0 Å². The highest BCUT2D eigenvalue weighted by Gasteiger charge is 2.74. The van der Waals surface area contributed by atoms with Gasteiger partial charge in [-0.05, 0) is 103 Å². The number of rotatable bonds is 7. The van der Waals surface area contributed by atoms with Crippen LogP contribution in [0.4, 0.5) is 0 Å². The van der Waals surface area contributed by atoms with E-state index in [2.05, 4.69) is 41.5 Å². The lowest BCUT2D eigenvalue weighted by Crippen LogP contribution is -2.68. The van der Waals surface area contributed by atoms with Gasteiger partial charge in [-0.25, -0.2) is 0 Å². The number of Topliss-reactive ketones (excluding diaryl/α,β-unsaturated/α-hetero) is 1. The second kappa shape index (κ2) is 11.9. The minimum atomic E-state index is -1.02. The molecule has 0 heterocycles. The predicted octanol–water partition coefficient (Wildman–Crippen LogP) is 8.85. The third-order valence-electron chi connectivity index (χ3n) is 15.5. The number of benzene rings is 1. The van der Waals surface area contributed by atoms with Crippen LogP contribution < -0.4 is 0 Å². The summed E-state index contributed by atoms with van der Waals surface area (Å²) < 4.78 is 11.6. The fourth-order valence-electron chi connectivity index (χ4n) is 12.3. The molecule has 0 bridgehead atoms. The van der Waals surface area contributed by atoms with Crippen LogP contribution >= 0.6 is 0 Å². The van der Waals surface area contributed by atoms with Gasteiger partial charge in [0.05, 0.1) is 12.0 Å². The molecule has 0 saturated heterocycles. The van der Waals surface area contributed by atoms with Crippen LogP contribution in [0.15, 0.2) is 42.0 Å². The third kappa shape index (κ3) is 4.92. The lowest BCUT2D eigenvalue weighted by molar-refractivity contribution is -0.202. The predicted molar refractivity (Wildman–Crippen MR) is 185 cm³/mol. The highest BCUT2D eigenvalue weighted by atomic mass is 16.5. The molecule has 6 nitrogen and oxygen atoms in total. The summed E-state index contributed by atoms with van der Waals surface area (Å²) in [5.41, 5.74) is -0.332. The minimum Gasteiger partial charge on any atom is -0.466 e. The molecule has 1 aromatic rings. The van der Waals surface area contributed by atoms with Crippen molar-refractivity contribution < 1.29 is 28.7 Å². The quantitative estimate of drug-likeness (QED) is 0.272. The Balaban J connectivity index is 1.42. The molecule has 48 heavy (non-hydrogen) atoms. The highest BCUT2D eigenvalue weighted by molar-refractivity contribution is 5.97. The van der Waals surface area contributed by atoms with E-state index in [1.165, 1.54) is 0 Å². The molecule has 1 aromatic carbocycles. The normalized spacial score (nSPS) is 40.7. The van der Waals surface area contributed by atoms with Gasteiger partial charge in [0, 0.05) is 30.1 Å². The van der Waals surface area contributed by atoms with Crippen LogP contribution in [0.3, 0.4) is 0 Å². The maximum atomic E-state index is 15.0. The number of fused-ring (bicyclic) bond motifs is 7. The third-order valence-corrected chi connectivity index (χ3v) is 15.5. The Kier molecular flexibility index (Phi) is 8.72. The maximum Gasteiger partial charge on any atom is 0.314 e. The van der Waals surface area contributed by atoms with E-state index >= 15 is 0 Å². The smallest absolute Gasteiger partial charge is 0.314 e. The van der Waals surface area contributed by atoms with Crippen molar-refractivity contribution in [3.63, 3.8) is 0 Å². The van der Waals surface area contributed by atoms with Crippen molar-refractivity contribution in [2.45, 2.75) is 126 Å². The molecule has 4 saturated carbocycles. The average molecular weight is 659 g/mol. The van der Waals surface area contributed by atoms with Gasteiger partial charge in [-0.1, -0.05) is 84.4 Å². The van der Waals surface area contributed by atoms with Gasteiger partial charge in [-0.2, -0.15) is 0 Å². The molecule has 0 spiro atoms. The Morgan fingerprint density at radius 2 is 1.56 bits per heavy atom. The first-order valence-corrected chi connectivity index (χ1v) is 18.7. The van der Waals surface area contributed by atoms with Gasteiger partial charge in [0.15, 0.2) is 5.78 Å². The van der Waals surface area contributed by atoms with Crippen LogP contribution in [0.25, 0.3) is 0 Å². The Morgan fingerprint density at radius 1 is 0.875 bits per heavy atom. The summed E-state index contributed by atoms with van der Waals surface area (Å²) in [6, 6.07) is 9.71. The molecule has 0 aliphatic heterocycles. The topological polar surface area (TPSA) is 86.7 Å². The van der Waals surface area contributed by atoms with E-state index in [-0.39, 0.29) is 69.5 Å². The fourth-order valence-corrected chi connectivity index (χ4v) is 12.3. The molecule has 5 aliphatic carbocycles. The molecule has 6 heteroatoms. The summed E-state index contributed by atoms with van der Waals surface area (Å²) in [5, 5.41) is 0. The molecule has 0 N–H and O–H groups in total. The van der Waals surface area contributed by atoms with Crippen molar-refractivity contribution >= 4 is 23.5 Å². The Bertz CT molecular complexity index is 1510. The Morgan fingerprint density at radius 3 is 2.25 bits per heavy atom. The van der Waals surface area contributed by atoms with Crippen LogP contribution in [0, 0.1) is 56.2 Å². The van der Waals surface area contributed by atoms with Crippen LogP contribution in [0.1, 0.15) is 125 Å². The second-order valence-electron chi connectivity index (χ2n) is 17.9. The summed E-state index contributed by atoms with van der Waals surface area (Å²) in [6.45, 7) is 18.1. The fraction of sp³-hybridized carbons (Fsp3) is 0.714. The van der Waals surface area contributed by atoms with E-state index in [1.54, 1.807) is 0 Å². The summed E-state index contributed by atoms with van der Waals surface area (Å²) in [7, 11) is 0. The number of hydrogen-bond donors (Lipinski definition) is 0. The van der Waals surface area contributed by atoms with Crippen molar-refractivity contribution in [2.24, 2.45) is 56.2 Å². The standard InChI is InChI=1S/C42H58O6/c1-9-47-34(45)23-27(2)41-20-17-37(4,5)25-30(41)35-32(44)24-33-38(6,40(35,8)18-21-41)19-22-42(28(3)31(43)15-16-39(33,42)7)36(46)48-26-29-13-11-10-12-14-29/h10-14,24,27-28,30,35H,9,15-23,25-26H2,1-8H3/t27?,28-,30?,35?,38-,39-,40-,41-,42?/m1/s1. The average Bonchev–Trinajstić information content (AvgIpc) is 3.03. The molecule has 262 valence electrons. The zero-order chi connectivity index (χ0) is 34.9. The van der Waals surface area contributed by atoms with E-state index in [4.69, 9.17) is 9.47 Å². The highest BCUT2D eigenvalue weighted by Crippen LogP contribution is 2.77. The van der Waals surface area contributed by atoms with Gasteiger partial charge in [0.2, 0.25) is 0 Å².